The molecule has 2 rings (SSSR count). The van der Waals surface area contributed by atoms with Gasteiger partial charge >= 0.3 is 6.18 Å². The van der Waals surface area contributed by atoms with Gasteiger partial charge in [-0.05, 0) is 6.07 Å². The number of hydrogen-bond donors (Lipinski definition) is 1. The lowest BCUT2D eigenvalue weighted by Gasteiger charge is -2.04. The van der Waals surface area contributed by atoms with Crippen molar-refractivity contribution in [2.45, 2.75) is 6.18 Å². The summed E-state index contributed by atoms with van der Waals surface area (Å²) in [6.07, 6.45) is -2.33. The highest BCUT2D eigenvalue weighted by Crippen LogP contribution is 2.28. The van der Waals surface area contributed by atoms with Crippen LogP contribution in [0.2, 0.25) is 0 Å². The highest BCUT2D eigenvalue weighted by atomic mass is 19.4. The Labute approximate surface area is 76.2 Å². The van der Waals surface area contributed by atoms with Crippen molar-refractivity contribution >= 4 is 11.5 Å². The number of alkyl halides is 3. The summed E-state index contributed by atoms with van der Waals surface area (Å²) in [5.41, 5.74) is 4.54. The third-order valence-electron chi connectivity index (χ3n) is 1.67. The van der Waals surface area contributed by atoms with Gasteiger partial charge in [0.1, 0.15) is 5.82 Å². The predicted molar refractivity (Wildman–Crippen MR) is 42.4 cm³/mol. The average Bonchev–Trinajstić information content (AvgIpc) is 2.41. The normalized spacial score (nSPS) is 12.2. The lowest BCUT2D eigenvalue weighted by Crippen LogP contribution is -2.06. The van der Waals surface area contributed by atoms with Gasteiger partial charge in [0, 0.05) is 0 Å². The lowest BCUT2D eigenvalue weighted by atomic mass is 10.3. The Balaban J connectivity index is 2.62. The molecule has 0 amide bonds. The summed E-state index contributed by atoms with van der Waals surface area (Å²) >= 11 is 0. The number of nitrogen functional groups attached to an aromatic ring is 1. The van der Waals surface area contributed by atoms with Gasteiger partial charge in [0.05, 0.1) is 18.0 Å². The zero-order valence-corrected chi connectivity index (χ0v) is 6.78. The van der Waals surface area contributed by atoms with Gasteiger partial charge in [0.15, 0.2) is 5.65 Å². The quantitative estimate of drug-likeness (QED) is 0.701. The summed E-state index contributed by atoms with van der Waals surface area (Å²) in [4.78, 5) is 3.67. The Bertz CT molecular complexity index is 473. The van der Waals surface area contributed by atoms with Crippen LogP contribution in [0.3, 0.4) is 0 Å². The van der Waals surface area contributed by atoms with Gasteiger partial charge in [-0.2, -0.15) is 18.3 Å². The van der Waals surface area contributed by atoms with Crippen molar-refractivity contribution < 1.29 is 13.2 Å². The average molecular weight is 202 g/mol. The number of aromatic nitrogens is 3. The molecule has 4 nitrogen and oxygen atoms in total. The smallest absolute Gasteiger partial charge is 0.382 e. The maximum atomic E-state index is 12.2. The van der Waals surface area contributed by atoms with E-state index in [1.807, 2.05) is 0 Å². The molecule has 0 aliphatic carbocycles. The summed E-state index contributed by atoms with van der Waals surface area (Å²) in [6.45, 7) is 0. The topological polar surface area (TPSA) is 56.2 Å². The van der Waals surface area contributed by atoms with Crippen molar-refractivity contribution in [1.29, 1.82) is 0 Å². The molecule has 0 aromatic carbocycles. The van der Waals surface area contributed by atoms with Crippen LogP contribution in [-0.4, -0.2) is 14.6 Å². The molecular weight excluding hydrogens is 197 g/mol. The molecule has 2 heterocycles. The number of nitrogens with two attached hydrogens (primary N) is 1. The molecule has 7 heteroatoms. The van der Waals surface area contributed by atoms with Crippen LogP contribution in [0.1, 0.15) is 5.56 Å². The van der Waals surface area contributed by atoms with E-state index >= 15 is 0 Å². The maximum absolute atomic E-state index is 12.2. The Morgan fingerprint density at radius 2 is 2.07 bits per heavy atom. The SMILES string of the molecule is Nc1cn2ncc(C(F)(F)F)cc2n1. The molecule has 2 N–H and O–H groups in total. The van der Waals surface area contributed by atoms with Crippen LogP contribution in [0, 0.1) is 0 Å². The Morgan fingerprint density at radius 3 is 2.71 bits per heavy atom. The van der Waals surface area contributed by atoms with Crippen LogP contribution in [0.4, 0.5) is 19.0 Å². The zero-order chi connectivity index (χ0) is 10.3. The molecule has 0 radical (unpaired) electrons. The minimum atomic E-state index is -4.41. The summed E-state index contributed by atoms with van der Waals surface area (Å²) in [5, 5.41) is 3.52. The molecule has 0 bridgehead atoms. The fourth-order valence-corrected chi connectivity index (χ4v) is 1.05. The van der Waals surface area contributed by atoms with Crippen molar-refractivity contribution in [2.24, 2.45) is 0 Å². The lowest BCUT2D eigenvalue weighted by molar-refractivity contribution is -0.137. The first-order valence-electron chi connectivity index (χ1n) is 3.65. The fraction of sp³-hybridized carbons (Fsp3) is 0.143. The molecule has 14 heavy (non-hydrogen) atoms. The number of fused-ring (bicyclic) bond motifs is 1. The van der Waals surface area contributed by atoms with Gasteiger partial charge in [-0.15, -0.1) is 0 Å². The molecule has 0 fully saturated rings. The van der Waals surface area contributed by atoms with Crippen molar-refractivity contribution in [3.63, 3.8) is 0 Å². The minimum absolute atomic E-state index is 0.0809. The van der Waals surface area contributed by atoms with E-state index < -0.39 is 11.7 Å². The number of rotatable bonds is 0. The molecule has 0 spiro atoms. The Hall–Kier alpha value is -1.79. The van der Waals surface area contributed by atoms with Gasteiger partial charge in [-0.1, -0.05) is 0 Å². The first kappa shape index (κ1) is 8.79. The zero-order valence-electron chi connectivity index (χ0n) is 6.78. The van der Waals surface area contributed by atoms with E-state index in [-0.39, 0.29) is 11.5 Å². The van der Waals surface area contributed by atoms with E-state index in [1.165, 1.54) is 10.7 Å². The molecule has 0 saturated carbocycles. The fourth-order valence-electron chi connectivity index (χ4n) is 1.05. The van der Waals surface area contributed by atoms with Crippen LogP contribution in [-0.2, 0) is 6.18 Å². The van der Waals surface area contributed by atoms with E-state index in [0.717, 1.165) is 12.3 Å². The molecule has 0 saturated heterocycles. The minimum Gasteiger partial charge on any atom is -0.382 e. The molecule has 2 aromatic rings. The molecule has 2 aromatic heterocycles. The summed E-state index contributed by atoms with van der Waals surface area (Å²) in [7, 11) is 0. The van der Waals surface area contributed by atoms with Crippen LogP contribution < -0.4 is 5.73 Å². The van der Waals surface area contributed by atoms with Crippen LogP contribution >= 0.6 is 0 Å². The third kappa shape index (κ3) is 1.36. The second-order valence-electron chi connectivity index (χ2n) is 2.71. The summed E-state index contributed by atoms with van der Waals surface area (Å²) < 4.78 is 37.8. The van der Waals surface area contributed by atoms with Crippen LogP contribution in [0.15, 0.2) is 18.5 Å². The molecule has 74 valence electrons. The molecule has 0 aliphatic rings. The first-order valence-corrected chi connectivity index (χ1v) is 3.65. The van der Waals surface area contributed by atoms with Crippen molar-refractivity contribution in [3.05, 3.63) is 24.0 Å². The van der Waals surface area contributed by atoms with E-state index in [9.17, 15) is 13.2 Å². The summed E-state index contributed by atoms with van der Waals surface area (Å²) in [6, 6.07) is 0.892. The number of anilines is 1. The molecular formula is C7H5F3N4. The number of hydrogen-bond acceptors (Lipinski definition) is 3. The maximum Gasteiger partial charge on any atom is 0.418 e. The van der Waals surface area contributed by atoms with E-state index in [4.69, 9.17) is 5.73 Å². The number of imidazole rings is 1. The standard InChI is InChI=1S/C7H5F3N4/c8-7(9,10)4-1-6-13-5(11)3-14(6)12-2-4/h1-3H,11H2. The molecule has 0 unspecified atom stereocenters. The monoisotopic (exact) mass is 202 g/mol. The van der Waals surface area contributed by atoms with Crippen LogP contribution in [0.25, 0.3) is 5.65 Å². The second-order valence-corrected chi connectivity index (χ2v) is 2.71. The largest absolute Gasteiger partial charge is 0.418 e. The Morgan fingerprint density at radius 1 is 1.36 bits per heavy atom. The highest BCUT2D eigenvalue weighted by Gasteiger charge is 2.31. The van der Waals surface area contributed by atoms with Gasteiger partial charge < -0.3 is 5.73 Å². The van der Waals surface area contributed by atoms with Gasteiger partial charge in [0.25, 0.3) is 0 Å². The van der Waals surface area contributed by atoms with Crippen LogP contribution in [0.5, 0.6) is 0 Å². The van der Waals surface area contributed by atoms with Crippen molar-refractivity contribution in [3.8, 4) is 0 Å². The Kier molecular flexibility index (Phi) is 1.63. The number of halogens is 3. The van der Waals surface area contributed by atoms with Crippen molar-refractivity contribution in [2.75, 3.05) is 5.73 Å². The highest BCUT2D eigenvalue weighted by molar-refractivity contribution is 5.46. The van der Waals surface area contributed by atoms with Gasteiger partial charge in [-0.3, -0.25) is 0 Å². The van der Waals surface area contributed by atoms with E-state index in [0.29, 0.717) is 0 Å². The van der Waals surface area contributed by atoms with Gasteiger partial charge in [0.2, 0.25) is 0 Å². The molecule has 0 atom stereocenters. The first-order chi connectivity index (χ1) is 6.47. The van der Waals surface area contributed by atoms with Gasteiger partial charge in [-0.25, -0.2) is 9.50 Å². The number of nitrogens with zero attached hydrogens (tertiary/aromatic N) is 3. The third-order valence-corrected chi connectivity index (χ3v) is 1.67. The summed E-state index contributed by atoms with van der Waals surface area (Å²) in [5.74, 6) is 0.136. The van der Waals surface area contributed by atoms with E-state index in [1.54, 1.807) is 0 Å². The van der Waals surface area contributed by atoms with E-state index in [2.05, 4.69) is 10.1 Å². The van der Waals surface area contributed by atoms with Crippen molar-refractivity contribution in [1.82, 2.24) is 14.6 Å². The molecule has 0 aliphatic heterocycles. The predicted octanol–water partition coefficient (Wildman–Crippen LogP) is 1.33. The second kappa shape index (κ2) is 2.60.